The van der Waals surface area contributed by atoms with Crippen molar-refractivity contribution in [3.8, 4) is 0 Å². The van der Waals surface area contributed by atoms with Crippen LogP contribution < -0.4 is 0 Å². The molecule has 1 heterocycles. The van der Waals surface area contributed by atoms with Gasteiger partial charge in [0.05, 0.1) is 5.60 Å². The first-order chi connectivity index (χ1) is 6.19. The van der Waals surface area contributed by atoms with E-state index in [1.165, 1.54) is 5.06 Å². The normalized spacial score (nSPS) is 37.1. The molecular weight excluding hydrogens is 178 g/mol. The molecule has 0 aromatic carbocycles. The van der Waals surface area contributed by atoms with Crippen LogP contribution in [0, 0.1) is 5.41 Å². The maximum Gasteiger partial charge on any atom is 0.0727 e. The van der Waals surface area contributed by atoms with Gasteiger partial charge in [-0.05, 0) is 26.7 Å². The van der Waals surface area contributed by atoms with Gasteiger partial charge in [-0.25, -0.2) is 0 Å². The van der Waals surface area contributed by atoms with E-state index in [4.69, 9.17) is 0 Å². The number of aliphatic hydroxyl groups is 1. The molecular formula is C11H23NO2. The summed E-state index contributed by atoms with van der Waals surface area (Å²) in [6.45, 7) is 10.6. The number of hydroxylamine groups is 2. The maximum absolute atomic E-state index is 10.5. The number of hydrogen-bond donors (Lipinski definition) is 2. The van der Waals surface area contributed by atoms with Gasteiger partial charge in [0.1, 0.15) is 0 Å². The van der Waals surface area contributed by atoms with Crippen LogP contribution in [0.3, 0.4) is 0 Å². The Labute approximate surface area is 86.7 Å². The highest BCUT2D eigenvalue weighted by molar-refractivity contribution is 5.08. The Bertz CT molecular complexity index is 219. The summed E-state index contributed by atoms with van der Waals surface area (Å²) in [7, 11) is 0. The molecule has 0 saturated carbocycles. The molecule has 2 N–H and O–H groups in total. The van der Waals surface area contributed by atoms with Crippen molar-refractivity contribution in [3.63, 3.8) is 0 Å². The molecule has 84 valence electrons. The zero-order valence-electron chi connectivity index (χ0n) is 9.96. The van der Waals surface area contributed by atoms with E-state index in [0.29, 0.717) is 13.0 Å². The fourth-order valence-electron chi connectivity index (χ4n) is 2.39. The third kappa shape index (κ3) is 1.30. The van der Waals surface area contributed by atoms with Crippen molar-refractivity contribution in [1.29, 1.82) is 0 Å². The van der Waals surface area contributed by atoms with Gasteiger partial charge in [-0.2, -0.15) is 5.06 Å². The molecule has 1 saturated heterocycles. The van der Waals surface area contributed by atoms with Gasteiger partial charge in [0.25, 0.3) is 0 Å². The molecule has 1 aliphatic rings. The monoisotopic (exact) mass is 201 g/mol. The first-order valence-electron chi connectivity index (χ1n) is 5.38. The first-order valence-corrected chi connectivity index (χ1v) is 5.38. The minimum absolute atomic E-state index is 0.318. The van der Waals surface area contributed by atoms with Gasteiger partial charge in [0.15, 0.2) is 0 Å². The third-order valence-electron chi connectivity index (χ3n) is 4.66. The van der Waals surface area contributed by atoms with Crippen LogP contribution in [0.4, 0.5) is 0 Å². The molecule has 0 amide bonds. The van der Waals surface area contributed by atoms with E-state index in [1.54, 1.807) is 0 Å². The fourth-order valence-corrected chi connectivity index (χ4v) is 2.39. The standard InChI is InChI=1S/C11H23NO2/c1-6-11(13)7-8-12(14)10(4,5)9(11,2)3/h13-14H,6-8H2,1-5H3. The Kier molecular flexibility index (Phi) is 2.72. The molecule has 0 spiro atoms. The molecule has 1 unspecified atom stereocenters. The molecule has 1 atom stereocenters. The number of piperidine rings is 1. The Morgan fingerprint density at radius 1 is 1.21 bits per heavy atom. The average molecular weight is 201 g/mol. The zero-order chi connectivity index (χ0) is 11.2. The highest BCUT2D eigenvalue weighted by Crippen LogP contribution is 2.50. The summed E-state index contributed by atoms with van der Waals surface area (Å²) in [4.78, 5) is 0. The predicted molar refractivity (Wildman–Crippen MR) is 56.2 cm³/mol. The predicted octanol–water partition coefficient (Wildman–Crippen LogP) is 2.03. The highest BCUT2D eigenvalue weighted by atomic mass is 16.5. The molecule has 0 aromatic heterocycles. The summed E-state index contributed by atoms with van der Waals surface area (Å²) in [6, 6.07) is 0. The summed E-state index contributed by atoms with van der Waals surface area (Å²) in [5.74, 6) is 0. The summed E-state index contributed by atoms with van der Waals surface area (Å²) in [5.41, 5.74) is -1.38. The van der Waals surface area contributed by atoms with E-state index in [9.17, 15) is 10.3 Å². The van der Waals surface area contributed by atoms with Gasteiger partial charge in [-0.15, -0.1) is 0 Å². The molecule has 0 aromatic rings. The second kappa shape index (κ2) is 3.19. The van der Waals surface area contributed by atoms with E-state index < -0.39 is 11.1 Å². The van der Waals surface area contributed by atoms with Gasteiger partial charge >= 0.3 is 0 Å². The summed E-state index contributed by atoms with van der Waals surface area (Å²) < 4.78 is 0. The topological polar surface area (TPSA) is 43.7 Å². The highest BCUT2D eigenvalue weighted by Gasteiger charge is 2.57. The van der Waals surface area contributed by atoms with Crippen LogP contribution >= 0.6 is 0 Å². The molecule has 1 aliphatic heterocycles. The van der Waals surface area contributed by atoms with Gasteiger partial charge in [-0.3, -0.25) is 0 Å². The smallest absolute Gasteiger partial charge is 0.0727 e. The van der Waals surface area contributed by atoms with Crippen LogP contribution in [0.15, 0.2) is 0 Å². The van der Waals surface area contributed by atoms with E-state index in [1.807, 2.05) is 34.6 Å². The van der Waals surface area contributed by atoms with E-state index >= 15 is 0 Å². The van der Waals surface area contributed by atoms with Crippen molar-refractivity contribution in [3.05, 3.63) is 0 Å². The van der Waals surface area contributed by atoms with Gasteiger partial charge in [0.2, 0.25) is 0 Å². The fraction of sp³-hybridized carbons (Fsp3) is 1.00. The molecule has 0 radical (unpaired) electrons. The van der Waals surface area contributed by atoms with Crippen LogP contribution in [0.25, 0.3) is 0 Å². The zero-order valence-corrected chi connectivity index (χ0v) is 9.96. The lowest BCUT2D eigenvalue weighted by Crippen LogP contribution is -2.67. The molecule has 3 nitrogen and oxygen atoms in total. The van der Waals surface area contributed by atoms with Crippen LogP contribution in [0.2, 0.25) is 0 Å². The largest absolute Gasteiger partial charge is 0.389 e. The summed E-state index contributed by atoms with van der Waals surface area (Å²) >= 11 is 0. The minimum Gasteiger partial charge on any atom is -0.389 e. The maximum atomic E-state index is 10.5. The number of nitrogens with zero attached hydrogens (tertiary/aromatic N) is 1. The van der Waals surface area contributed by atoms with Gasteiger partial charge in [0, 0.05) is 17.5 Å². The SMILES string of the molecule is CCC1(O)CCN(O)C(C)(C)C1(C)C. The Hall–Kier alpha value is -0.120. The quantitative estimate of drug-likeness (QED) is 0.682. The molecule has 1 fully saturated rings. The molecule has 3 heteroatoms. The molecule has 14 heavy (non-hydrogen) atoms. The van der Waals surface area contributed by atoms with Crippen molar-refractivity contribution >= 4 is 0 Å². The Morgan fingerprint density at radius 2 is 1.71 bits per heavy atom. The van der Waals surface area contributed by atoms with Crippen LogP contribution in [-0.2, 0) is 0 Å². The number of hydrogen-bond acceptors (Lipinski definition) is 3. The van der Waals surface area contributed by atoms with Crippen molar-refractivity contribution < 1.29 is 10.3 Å². The molecule has 0 bridgehead atoms. The van der Waals surface area contributed by atoms with Crippen molar-refractivity contribution in [2.45, 2.75) is 58.6 Å². The Balaban J connectivity index is 3.09. The van der Waals surface area contributed by atoms with Crippen molar-refractivity contribution in [2.75, 3.05) is 6.54 Å². The molecule has 1 rings (SSSR count). The third-order valence-corrected chi connectivity index (χ3v) is 4.66. The van der Waals surface area contributed by atoms with Gasteiger partial charge < -0.3 is 10.3 Å². The van der Waals surface area contributed by atoms with Crippen LogP contribution in [-0.4, -0.2) is 33.1 Å². The summed E-state index contributed by atoms with van der Waals surface area (Å²) in [6.07, 6.45) is 1.37. The lowest BCUT2D eigenvalue weighted by molar-refractivity contribution is -0.276. The summed E-state index contributed by atoms with van der Waals surface area (Å²) in [5, 5.41) is 21.7. The average Bonchev–Trinajstić information content (AvgIpc) is 2.10. The van der Waals surface area contributed by atoms with Crippen molar-refractivity contribution in [1.82, 2.24) is 5.06 Å². The second-order valence-corrected chi connectivity index (χ2v) is 5.44. The van der Waals surface area contributed by atoms with E-state index in [-0.39, 0.29) is 5.41 Å². The molecule has 0 aliphatic carbocycles. The lowest BCUT2D eigenvalue weighted by atomic mass is 9.59. The lowest BCUT2D eigenvalue weighted by Gasteiger charge is -2.58. The van der Waals surface area contributed by atoms with E-state index in [2.05, 4.69) is 0 Å². The second-order valence-electron chi connectivity index (χ2n) is 5.44. The van der Waals surface area contributed by atoms with Crippen LogP contribution in [0.5, 0.6) is 0 Å². The first kappa shape index (κ1) is 12.0. The van der Waals surface area contributed by atoms with Crippen LogP contribution in [0.1, 0.15) is 47.5 Å². The number of rotatable bonds is 1. The van der Waals surface area contributed by atoms with Crippen molar-refractivity contribution in [2.24, 2.45) is 5.41 Å². The van der Waals surface area contributed by atoms with E-state index in [0.717, 1.165) is 6.42 Å². The minimum atomic E-state index is -0.671. The van der Waals surface area contributed by atoms with Gasteiger partial charge in [-0.1, -0.05) is 20.8 Å². The Morgan fingerprint density at radius 3 is 2.14 bits per heavy atom.